The van der Waals surface area contributed by atoms with E-state index in [1.165, 1.54) is 6.07 Å². The van der Waals surface area contributed by atoms with Crippen molar-refractivity contribution in [1.29, 1.82) is 0 Å². The highest BCUT2D eigenvalue weighted by Crippen LogP contribution is 2.30. The monoisotopic (exact) mass is 453 g/mol. The van der Waals surface area contributed by atoms with Crippen molar-refractivity contribution in [2.24, 2.45) is 0 Å². The Morgan fingerprint density at radius 2 is 1.81 bits per heavy atom. The number of nitrogens with zero attached hydrogens (tertiary/aromatic N) is 1. The zero-order chi connectivity index (χ0) is 22.8. The van der Waals surface area contributed by atoms with Crippen LogP contribution in [0.1, 0.15) is 34.1 Å². The third-order valence-corrected chi connectivity index (χ3v) is 4.59. The number of benzene rings is 2. The number of carbonyl (C=O) groups is 2. The van der Waals surface area contributed by atoms with Crippen molar-refractivity contribution in [3.05, 3.63) is 86.8 Å². The molecule has 162 valence electrons. The van der Waals surface area contributed by atoms with Crippen molar-refractivity contribution in [2.45, 2.75) is 18.6 Å². The summed E-state index contributed by atoms with van der Waals surface area (Å²) in [7, 11) is 0. The number of aliphatic carboxylic acids is 1. The molecule has 7 nitrogen and oxygen atoms in total. The molecular formula is C20H15ClF3N3O4. The van der Waals surface area contributed by atoms with Gasteiger partial charge in [-0.15, -0.1) is 0 Å². The number of alkyl halides is 3. The second-order valence-corrected chi connectivity index (χ2v) is 7.00. The van der Waals surface area contributed by atoms with Gasteiger partial charge >= 0.3 is 12.1 Å². The molecule has 0 radical (unpaired) electrons. The van der Waals surface area contributed by atoms with Crippen LogP contribution in [0.4, 0.5) is 13.2 Å². The van der Waals surface area contributed by atoms with E-state index in [0.29, 0.717) is 10.7 Å². The lowest BCUT2D eigenvalue weighted by Crippen LogP contribution is -2.30. The number of aromatic nitrogens is 2. The second-order valence-electron chi connectivity index (χ2n) is 6.57. The summed E-state index contributed by atoms with van der Waals surface area (Å²) in [6.07, 6.45) is -5.12. The standard InChI is InChI=1S/C20H15ClF3N3O4/c21-13-2-1-3-14(8-13)27-17(28)9-16(26-27)19(31)25-15(10-18(29)30)11-4-6-12(7-5-11)20(22,23)24/h1-9,15,26H,10H2,(H,25,31)(H,29,30)/t15-/m0/s1. The Bertz CT molecular complexity index is 1170. The van der Waals surface area contributed by atoms with Crippen LogP contribution in [0.2, 0.25) is 5.02 Å². The quantitative estimate of drug-likeness (QED) is 0.528. The lowest BCUT2D eigenvalue weighted by atomic mass is 10.0. The summed E-state index contributed by atoms with van der Waals surface area (Å²) >= 11 is 5.91. The number of carboxylic acids is 1. The number of H-pyrrole nitrogens is 1. The number of aromatic amines is 1. The largest absolute Gasteiger partial charge is 0.481 e. The van der Waals surface area contributed by atoms with Crippen LogP contribution in [-0.2, 0) is 11.0 Å². The van der Waals surface area contributed by atoms with Gasteiger partial charge in [-0.3, -0.25) is 19.5 Å². The molecule has 0 aliphatic rings. The molecule has 0 fully saturated rings. The Morgan fingerprint density at radius 3 is 2.39 bits per heavy atom. The lowest BCUT2D eigenvalue weighted by Gasteiger charge is -2.18. The molecule has 1 atom stereocenters. The number of carbonyl (C=O) groups excluding carboxylic acids is 1. The highest BCUT2D eigenvalue weighted by atomic mass is 35.5. The fourth-order valence-electron chi connectivity index (χ4n) is 2.89. The third kappa shape index (κ3) is 5.34. The minimum absolute atomic E-state index is 0.160. The van der Waals surface area contributed by atoms with Crippen molar-refractivity contribution < 1.29 is 27.9 Å². The van der Waals surface area contributed by atoms with E-state index >= 15 is 0 Å². The van der Waals surface area contributed by atoms with Gasteiger partial charge in [-0.25, -0.2) is 4.68 Å². The van der Waals surface area contributed by atoms with Gasteiger partial charge in [0.15, 0.2) is 0 Å². The summed E-state index contributed by atoms with van der Waals surface area (Å²) in [6.45, 7) is 0. The first-order valence-electron chi connectivity index (χ1n) is 8.82. The van der Waals surface area contributed by atoms with E-state index in [1.807, 2.05) is 0 Å². The van der Waals surface area contributed by atoms with Gasteiger partial charge < -0.3 is 10.4 Å². The van der Waals surface area contributed by atoms with E-state index in [2.05, 4.69) is 10.4 Å². The topological polar surface area (TPSA) is 104 Å². The van der Waals surface area contributed by atoms with Crippen LogP contribution in [0.15, 0.2) is 59.4 Å². The third-order valence-electron chi connectivity index (χ3n) is 4.36. The molecule has 31 heavy (non-hydrogen) atoms. The molecule has 3 aromatic rings. The van der Waals surface area contributed by atoms with Gasteiger partial charge in [0.2, 0.25) is 0 Å². The van der Waals surface area contributed by atoms with Crippen LogP contribution in [0.25, 0.3) is 5.69 Å². The highest BCUT2D eigenvalue weighted by Gasteiger charge is 2.30. The van der Waals surface area contributed by atoms with Crippen LogP contribution >= 0.6 is 11.6 Å². The van der Waals surface area contributed by atoms with E-state index in [1.54, 1.807) is 18.2 Å². The number of hydrogen-bond acceptors (Lipinski definition) is 3. The van der Waals surface area contributed by atoms with E-state index in [0.717, 1.165) is 35.0 Å². The molecule has 0 aliphatic carbocycles. The summed E-state index contributed by atoms with van der Waals surface area (Å²) in [5.74, 6) is -2.07. The Labute approximate surface area is 178 Å². The van der Waals surface area contributed by atoms with Crippen LogP contribution in [0.5, 0.6) is 0 Å². The Morgan fingerprint density at radius 1 is 1.13 bits per heavy atom. The van der Waals surface area contributed by atoms with Gasteiger partial charge in [0.05, 0.1) is 23.7 Å². The SMILES string of the molecule is O=C(O)C[C@H](NC(=O)c1cc(=O)n(-c2cccc(Cl)c2)[nH]1)c1ccc(C(F)(F)F)cc1. The van der Waals surface area contributed by atoms with Crippen LogP contribution in [0.3, 0.4) is 0 Å². The first kappa shape index (κ1) is 22.2. The minimum Gasteiger partial charge on any atom is -0.481 e. The molecule has 0 unspecified atom stereocenters. The predicted molar refractivity (Wildman–Crippen MR) is 105 cm³/mol. The minimum atomic E-state index is -4.55. The van der Waals surface area contributed by atoms with Crippen LogP contribution in [0, 0.1) is 0 Å². The number of nitrogens with one attached hydrogen (secondary N) is 2. The van der Waals surface area contributed by atoms with Crippen LogP contribution < -0.4 is 10.9 Å². The molecule has 0 saturated carbocycles. The maximum absolute atomic E-state index is 12.8. The molecule has 3 N–H and O–H groups in total. The fraction of sp³-hybridized carbons (Fsp3) is 0.150. The summed E-state index contributed by atoms with van der Waals surface area (Å²) in [5.41, 5.74) is -1.08. The van der Waals surface area contributed by atoms with Gasteiger partial charge in [-0.2, -0.15) is 13.2 Å². The number of halogens is 4. The van der Waals surface area contributed by atoms with Gasteiger partial charge in [0.25, 0.3) is 11.5 Å². The van der Waals surface area contributed by atoms with Crippen molar-refractivity contribution in [3.63, 3.8) is 0 Å². The number of hydrogen-bond donors (Lipinski definition) is 3. The summed E-state index contributed by atoms with van der Waals surface area (Å²) in [4.78, 5) is 36.0. The van der Waals surface area contributed by atoms with Gasteiger partial charge in [0.1, 0.15) is 5.69 Å². The molecule has 2 aromatic carbocycles. The second kappa shape index (κ2) is 8.68. The molecule has 1 heterocycles. The predicted octanol–water partition coefficient (Wildman–Crippen LogP) is 3.78. The molecule has 3 rings (SSSR count). The normalized spacial score (nSPS) is 12.4. The van der Waals surface area contributed by atoms with Crippen molar-refractivity contribution >= 4 is 23.5 Å². The highest BCUT2D eigenvalue weighted by molar-refractivity contribution is 6.30. The van der Waals surface area contributed by atoms with Gasteiger partial charge in [-0.05, 0) is 35.9 Å². The van der Waals surface area contributed by atoms with Crippen molar-refractivity contribution in [1.82, 2.24) is 15.1 Å². The number of amides is 1. The molecule has 0 aliphatic heterocycles. The average molecular weight is 454 g/mol. The average Bonchev–Trinajstić information content (AvgIpc) is 3.08. The first-order valence-corrected chi connectivity index (χ1v) is 9.20. The summed E-state index contributed by atoms with van der Waals surface area (Å²) in [6, 6.07) is 9.98. The molecule has 0 spiro atoms. The molecular weight excluding hydrogens is 439 g/mol. The maximum atomic E-state index is 12.8. The molecule has 1 amide bonds. The van der Waals surface area contributed by atoms with E-state index < -0.39 is 41.6 Å². The van der Waals surface area contributed by atoms with Gasteiger partial charge in [0, 0.05) is 11.1 Å². The maximum Gasteiger partial charge on any atom is 0.416 e. The zero-order valence-electron chi connectivity index (χ0n) is 15.6. The first-order chi connectivity index (χ1) is 14.5. The molecule has 0 bridgehead atoms. The Hall–Kier alpha value is -3.53. The summed E-state index contributed by atoms with van der Waals surface area (Å²) < 4.78 is 39.4. The Balaban J connectivity index is 1.85. The van der Waals surface area contributed by atoms with Crippen LogP contribution in [-0.4, -0.2) is 26.8 Å². The lowest BCUT2D eigenvalue weighted by molar-refractivity contribution is -0.138. The van der Waals surface area contributed by atoms with E-state index in [4.69, 9.17) is 16.7 Å². The van der Waals surface area contributed by atoms with Crippen molar-refractivity contribution in [3.8, 4) is 5.69 Å². The van der Waals surface area contributed by atoms with Gasteiger partial charge in [-0.1, -0.05) is 29.8 Å². The smallest absolute Gasteiger partial charge is 0.416 e. The number of rotatable bonds is 6. The van der Waals surface area contributed by atoms with E-state index in [9.17, 15) is 27.6 Å². The molecule has 0 saturated heterocycles. The fourth-order valence-corrected chi connectivity index (χ4v) is 3.07. The number of carboxylic acid groups (broad SMARTS) is 1. The van der Waals surface area contributed by atoms with E-state index in [-0.39, 0.29) is 11.3 Å². The zero-order valence-corrected chi connectivity index (χ0v) is 16.4. The van der Waals surface area contributed by atoms with Crippen molar-refractivity contribution in [2.75, 3.05) is 0 Å². The molecule has 1 aromatic heterocycles. The Kier molecular flexibility index (Phi) is 6.21. The molecule has 11 heteroatoms. The summed E-state index contributed by atoms with van der Waals surface area (Å²) in [5, 5.41) is 14.5.